The van der Waals surface area contributed by atoms with Crippen molar-refractivity contribution < 1.29 is 4.39 Å². The fraction of sp³-hybridized carbons (Fsp3) is 0.250. The predicted octanol–water partition coefficient (Wildman–Crippen LogP) is 5.00. The number of benzene rings is 2. The smallest absolute Gasteiger partial charge is 0.142 e. The van der Waals surface area contributed by atoms with Crippen LogP contribution in [0.1, 0.15) is 27.8 Å². The summed E-state index contributed by atoms with van der Waals surface area (Å²) in [5.74, 6) is -0.351. The van der Waals surface area contributed by atoms with Gasteiger partial charge >= 0.3 is 0 Å². The van der Waals surface area contributed by atoms with Gasteiger partial charge in [-0.3, -0.25) is 0 Å². The minimum Gasteiger partial charge on any atom is -0.205 e. The molecule has 0 N–H and O–H groups in total. The first-order valence-electron chi connectivity index (χ1n) is 5.99. The summed E-state index contributed by atoms with van der Waals surface area (Å²) in [5.41, 5.74) is 5.87. The molecule has 94 valence electrons. The van der Waals surface area contributed by atoms with Crippen LogP contribution in [0.25, 0.3) is 0 Å². The van der Waals surface area contributed by atoms with E-state index in [2.05, 4.69) is 32.9 Å². The second-order valence-electron chi connectivity index (χ2n) is 4.68. The van der Waals surface area contributed by atoms with Gasteiger partial charge in [-0.2, -0.15) is 0 Å². The summed E-state index contributed by atoms with van der Waals surface area (Å²) < 4.78 is 13.4. The molecule has 0 radical (unpaired) electrons. The molecule has 0 nitrogen and oxygen atoms in total. The van der Waals surface area contributed by atoms with Gasteiger partial charge in [0.05, 0.1) is 5.02 Å². The van der Waals surface area contributed by atoms with Gasteiger partial charge in [-0.1, -0.05) is 35.9 Å². The van der Waals surface area contributed by atoms with Gasteiger partial charge in [-0.25, -0.2) is 4.39 Å². The topological polar surface area (TPSA) is 0 Å². The van der Waals surface area contributed by atoms with E-state index in [0.29, 0.717) is 6.42 Å². The van der Waals surface area contributed by atoms with Crippen molar-refractivity contribution >= 4 is 11.6 Å². The molecule has 0 bridgehead atoms. The molecule has 0 amide bonds. The first-order chi connectivity index (χ1) is 8.50. The number of halogens is 2. The van der Waals surface area contributed by atoms with Crippen LogP contribution in [0.15, 0.2) is 30.3 Å². The third kappa shape index (κ3) is 2.41. The Kier molecular flexibility index (Phi) is 3.72. The Morgan fingerprint density at radius 3 is 2.39 bits per heavy atom. The van der Waals surface area contributed by atoms with Crippen molar-refractivity contribution in [1.29, 1.82) is 0 Å². The molecule has 0 aromatic heterocycles. The monoisotopic (exact) mass is 262 g/mol. The zero-order chi connectivity index (χ0) is 13.3. The highest BCUT2D eigenvalue weighted by atomic mass is 35.5. The first kappa shape index (κ1) is 13.1. The minimum atomic E-state index is -0.351. The lowest BCUT2D eigenvalue weighted by Gasteiger charge is -2.12. The van der Waals surface area contributed by atoms with E-state index in [1.807, 2.05) is 6.07 Å². The maximum absolute atomic E-state index is 13.4. The second kappa shape index (κ2) is 5.11. The molecule has 0 aliphatic carbocycles. The van der Waals surface area contributed by atoms with Gasteiger partial charge in [-0.05, 0) is 61.1 Å². The molecule has 2 heteroatoms. The Morgan fingerprint density at radius 2 is 1.67 bits per heavy atom. The lowest BCUT2D eigenvalue weighted by atomic mass is 9.94. The van der Waals surface area contributed by atoms with Crippen molar-refractivity contribution in [2.24, 2.45) is 0 Å². The Labute approximate surface area is 112 Å². The fourth-order valence-electron chi connectivity index (χ4n) is 2.09. The number of rotatable bonds is 2. The summed E-state index contributed by atoms with van der Waals surface area (Å²) in [7, 11) is 0. The summed E-state index contributed by atoms with van der Waals surface area (Å²) in [6.45, 7) is 6.31. The average Bonchev–Trinajstić information content (AvgIpc) is 2.35. The summed E-state index contributed by atoms with van der Waals surface area (Å²) in [6, 6.07) is 9.16. The van der Waals surface area contributed by atoms with E-state index in [9.17, 15) is 4.39 Å². The number of aryl methyl sites for hydroxylation is 1. The standard InChI is InChI=1S/C16H16ClF/c1-10-7-8-13(12(3)11(10)2)9-14-5-4-6-15(18)16(14)17/h4-8H,9H2,1-3H3. The van der Waals surface area contributed by atoms with Crippen molar-refractivity contribution in [2.75, 3.05) is 0 Å². The predicted molar refractivity (Wildman–Crippen MR) is 74.9 cm³/mol. The molecule has 2 aromatic carbocycles. The molecule has 2 rings (SSSR count). The molecule has 18 heavy (non-hydrogen) atoms. The zero-order valence-corrected chi connectivity index (χ0v) is 11.6. The highest BCUT2D eigenvalue weighted by Gasteiger charge is 2.09. The molecule has 2 aromatic rings. The summed E-state index contributed by atoms with van der Waals surface area (Å²) in [5, 5.41) is 0.232. The first-order valence-corrected chi connectivity index (χ1v) is 6.37. The van der Waals surface area contributed by atoms with Crippen LogP contribution in [0.3, 0.4) is 0 Å². The maximum Gasteiger partial charge on any atom is 0.142 e. The van der Waals surface area contributed by atoms with Crippen molar-refractivity contribution in [2.45, 2.75) is 27.2 Å². The van der Waals surface area contributed by atoms with Crippen molar-refractivity contribution in [3.05, 3.63) is 69.0 Å². The van der Waals surface area contributed by atoms with Crippen LogP contribution in [-0.4, -0.2) is 0 Å². The molecule has 0 heterocycles. The second-order valence-corrected chi connectivity index (χ2v) is 5.06. The molecule has 0 aliphatic rings. The van der Waals surface area contributed by atoms with Gasteiger partial charge < -0.3 is 0 Å². The van der Waals surface area contributed by atoms with Crippen LogP contribution in [0.4, 0.5) is 4.39 Å². The van der Waals surface area contributed by atoms with Gasteiger partial charge in [0.25, 0.3) is 0 Å². The van der Waals surface area contributed by atoms with Crippen LogP contribution in [-0.2, 0) is 6.42 Å². The van der Waals surface area contributed by atoms with E-state index >= 15 is 0 Å². The average molecular weight is 263 g/mol. The normalized spacial score (nSPS) is 10.7. The third-order valence-corrected chi connectivity index (χ3v) is 4.01. The van der Waals surface area contributed by atoms with Crippen molar-refractivity contribution in [3.8, 4) is 0 Å². The Morgan fingerprint density at radius 1 is 0.944 bits per heavy atom. The zero-order valence-electron chi connectivity index (χ0n) is 10.8. The summed E-state index contributed by atoms with van der Waals surface area (Å²) >= 11 is 5.99. The molecule has 0 saturated heterocycles. The van der Waals surface area contributed by atoms with Gasteiger partial charge in [0.1, 0.15) is 5.82 Å². The minimum absolute atomic E-state index is 0.232. The van der Waals surface area contributed by atoms with E-state index in [0.717, 1.165) is 5.56 Å². The van der Waals surface area contributed by atoms with E-state index in [-0.39, 0.29) is 10.8 Å². The molecular weight excluding hydrogens is 247 g/mol. The lowest BCUT2D eigenvalue weighted by molar-refractivity contribution is 0.626. The number of hydrogen-bond donors (Lipinski definition) is 0. The molecule has 0 saturated carbocycles. The van der Waals surface area contributed by atoms with Crippen LogP contribution >= 0.6 is 11.6 Å². The lowest BCUT2D eigenvalue weighted by Crippen LogP contribution is -1.97. The van der Waals surface area contributed by atoms with E-state index in [1.165, 1.54) is 28.3 Å². The van der Waals surface area contributed by atoms with Gasteiger partial charge in [-0.15, -0.1) is 0 Å². The Balaban J connectivity index is 2.41. The van der Waals surface area contributed by atoms with Crippen LogP contribution < -0.4 is 0 Å². The Bertz CT molecular complexity index is 588. The molecule has 0 spiro atoms. The molecule has 0 atom stereocenters. The summed E-state index contributed by atoms with van der Waals surface area (Å²) in [6.07, 6.45) is 0.670. The quantitative estimate of drug-likeness (QED) is 0.715. The Hall–Kier alpha value is -1.34. The highest BCUT2D eigenvalue weighted by Crippen LogP contribution is 2.25. The van der Waals surface area contributed by atoms with Crippen LogP contribution in [0, 0.1) is 26.6 Å². The van der Waals surface area contributed by atoms with Gasteiger partial charge in [0.15, 0.2) is 0 Å². The van der Waals surface area contributed by atoms with E-state index in [1.54, 1.807) is 6.07 Å². The summed E-state index contributed by atoms with van der Waals surface area (Å²) in [4.78, 5) is 0. The highest BCUT2D eigenvalue weighted by molar-refractivity contribution is 6.31. The fourth-order valence-corrected chi connectivity index (χ4v) is 2.29. The largest absolute Gasteiger partial charge is 0.205 e. The van der Waals surface area contributed by atoms with Crippen LogP contribution in [0.5, 0.6) is 0 Å². The molecule has 0 unspecified atom stereocenters. The van der Waals surface area contributed by atoms with E-state index in [4.69, 9.17) is 11.6 Å². The van der Waals surface area contributed by atoms with Gasteiger partial charge in [0.2, 0.25) is 0 Å². The molecular formula is C16H16ClF. The SMILES string of the molecule is Cc1ccc(Cc2cccc(F)c2Cl)c(C)c1C. The maximum atomic E-state index is 13.4. The number of hydrogen-bond acceptors (Lipinski definition) is 0. The molecule has 0 aliphatic heterocycles. The molecule has 0 fully saturated rings. The van der Waals surface area contributed by atoms with E-state index < -0.39 is 0 Å². The van der Waals surface area contributed by atoms with Crippen molar-refractivity contribution in [3.63, 3.8) is 0 Å². The third-order valence-electron chi connectivity index (χ3n) is 3.58. The van der Waals surface area contributed by atoms with Crippen molar-refractivity contribution in [1.82, 2.24) is 0 Å². The van der Waals surface area contributed by atoms with Gasteiger partial charge in [0, 0.05) is 0 Å². The van der Waals surface area contributed by atoms with Crippen LogP contribution in [0.2, 0.25) is 5.02 Å².